The molecule has 0 radical (unpaired) electrons. The van der Waals surface area contributed by atoms with Crippen molar-refractivity contribution in [3.05, 3.63) is 5.15 Å². The highest BCUT2D eigenvalue weighted by molar-refractivity contribution is 6.32. The molecule has 2 aliphatic rings. The van der Waals surface area contributed by atoms with Crippen LogP contribution in [-0.4, -0.2) is 59.3 Å². The fraction of sp³-hybridized carbons (Fsp3) is 0.500. The van der Waals surface area contributed by atoms with Gasteiger partial charge in [-0.25, -0.2) is 4.39 Å². The Kier molecular flexibility index (Phi) is 5.18. The molecule has 1 saturated heterocycles. The second-order valence-corrected chi connectivity index (χ2v) is 6.51. The van der Waals surface area contributed by atoms with Gasteiger partial charge in [0.25, 0.3) is 5.67 Å². The van der Waals surface area contributed by atoms with Gasteiger partial charge in [-0.3, -0.25) is 9.59 Å². The van der Waals surface area contributed by atoms with Crippen LogP contribution in [0, 0.1) is 12.3 Å². The lowest BCUT2D eigenvalue weighted by Crippen LogP contribution is -2.52. The smallest absolute Gasteiger partial charge is 0.303 e. The first kappa shape index (κ1) is 19.9. The maximum Gasteiger partial charge on any atom is 0.303 e. The Labute approximate surface area is 164 Å². The van der Waals surface area contributed by atoms with Crippen molar-refractivity contribution >= 4 is 41.0 Å². The lowest BCUT2D eigenvalue weighted by Gasteiger charge is -2.31. The van der Waals surface area contributed by atoms with E-state index in [1.165, 1.54) is 11.8 Å². The number of nitrogen functional groups attached to an aromatic ring is 1. The van der Waals surface area contributed by atoms with Crippen LogP contribution >= 0.6 is 11.6 Å². The Bertz CT molecular complexity index is 865. The number of carbonyl (C=O) groups is 2. The van der Waals surface area contributed by atoms with Crippen LogP contribution in [0.1, 0.15) is 13.8 Å². The van der Waals surface area contributed by atoms with Crippen molar-refractivity contribution in [1.29, 1.82) is 0 Å². The third-order valence-electron chi connectivity index (χ3n) is 4.22. The first-order chi connectivity index (χ1) is 13.2. The summed E-state index contributed by atoms with van der Waals surface area (Å²) in [5.74, 6) is 0.677. The van der Waals surface area contributed by atoms with E-state index in [0.717, 1.165) is 6.92 Å². The molecule has 0 aliphatic carbocycles. The molecule has 3 heterocycles. The number of hydrogen-bond donors (Lipinski definition) is 2. The molecule has 1 fully saturated rings. The van der Waals surface area contributed by atoms with Gasteiger partial charge in [-0.15, -0.1) is 6.42 Å². The maximum absolute atomic E-state index is 15.9. The molecule has 0 bridgehead atoms. The van der Waals surface area contributed by atoms with Crippen molar-refractivity contribution in [2.45, 2.75) is 38.0 Å². The van der Waals surface area contributed by atoms with Crippen LogP contribution in [0.4, 0.5) is 21.8 Å². The number of hydrogen-bond acceptors (Lipinski definition) is 10. The first-order valence-corrected chi connectivity index (χ1v) is 8.51. The van der Waals surface area contributed by atoms with Gasteiger partial charge in [0.05, 0.1) is 6.67 Å². The molecule has 1 unspecified atom stereocenters. The molecule has 0 amide bonds. The SMILES string of the molecule is C#C[C@]1(F)C(OC(C)=O)[C@@H](COC(C)=O)O[C@H]1N1CNc2c(Cl)nc(N)nc21. The van der Waals surface area contributed by atoms with Crippen LogP contribution in [0.25, 0.3) is 0 Å². The van der Waals surface area contributed by atoms with Gasteiger partial charge in [0.1, 0.15) is 18.4 Å². The highest BCUT2D eigenvalue weighted by Gasteiger charge is 2.62. The Balaban J connectivity index is 1.98. The van der Waals surface area contributed by atoms with Crippen molar-refractivity contribution in [1.82, 2.24) is 9.97 Å². The number of nitrogens with zero attached hydrogens (tertiary/aromatic N) is 3. The van der Waals surface area contributed by atoms with Crippen LogP contribution in [-0.2, 0) is 23.8 Å². The average molecular weight is 414 g/mol. The van der Waals surface area contributed by atoms with Crippen molar-refractivity contribution < 1.29 is 28.2 Å². The Morgan fingerprint density at radius 1 is 1.50 bits per heavy atom. The van der Waals surface area contributed by atoms with E-state index in [-0.39, 0.29) is 30.2 Å². The number of alkyl halides is 1. The fourth-order valence-corrected chi connectivity index (χ4v) is 3.34. The number of esters is 2. The van der Waals surface area contributed by atoms with Gasteiger partial charge in [-0.2, -0.15) is 9.97 Å². The summed E-state index contributed by atoms with van der Waals surface area (Å²) in [6, 6.07) is 0. The van der Waals surface area contributed by atoms with Gasteiger partial charge in [0, 0.05) is 13.8 Å². The van der Waals surface area contributed by atoms with Crippen LogP contribution in [0.15, 0.2) is 0 Å². The molecule has 4 atom stereocenters. The molecule has 0 aromatic carbocycles. The van der Waals surface area contributed by atoms with Crippen LogP contribution in [0.3, 0.4) is 0 Å². The number of halogens is 2. The number of rotatable bonds is 4. The summed E-state index contributed by atoms with van der Waals surface area (Å²) in [6.45, 7) is 1.95. The highest BCUT2D eigenvalue weighted by atomic mass is 35.5. The van der Waals surface area contributed by atoms with Gasteiger partial charge in [0.15, 0.2) is 23.3 Å². The minimum atomic E-state index is -2.58. The Morgan fingerprint density at radius 2 is 2.21 bits per heavy atom. The molecule has 2 aliphatic heterocycles. The molecule has 1 aromatic heterocycles. The van der Waals surface area contributed by atoms with Crippen molar-refractivity contribution in [2.75, 3.05) is 29.2 Å². The lowest BCUT2D eigenvalue weighted by atomic mass is 9.96. The molecule has 150 valence electrons. The zero-order valence-corrected chi connectivity index (χ0v) is 15.7. The summed E-state index contributed by atoms with van der Waals surface area (Å²) in [6.07, 6.45) is 1.37. The van der Waals surface area contributed by atoms with Crippen LogP contribution < -0.4 is 16.0 Å². The predicted octanol–water partition coefficient (Wildman–Crippen LogP) is 0.463. The molecule has 0 spiro atoms. The number of nitrogens with one attached hydrogen (secondary N) is 1. The van der Waals surface area contributed by atoms with E-state index in [2.05, 4.69) is 15.3 Å². The number of ether oxygens (including phenoxy) is 3. The van der Waals surface area contributed by atoms with E-state index in [1.807, 2.05) is 5.92 Å². The first-order valence-electron chi connectivity index (χ1n) is 8.13. The third-order valence-corrected chi connectivity index (χ3v) is 4.50. The third kappa shape index (κ3) is 3.36. The van der Waals surface area contributed by atoms with Crippen LogP contribution in [0.2, 0.25) is 5.15 Å². The molecule has 3 rings (SSSR count). The average Bonchev–Trinajstić information content (AvgIpc) is 3.13. The minimum absolute atomic E-state index is 0.0261. The number of anilines is 3. The highest BCUT2D eigenvalue weighted by Crippen LogP contribution is 2.44. The number of fused-ring (bicyclic) bond motifs is 1. The molecular weight excluding hydrogens is 397 g/mol. The molecule has 10 nitrogen and oxygen atoms in total. The second kappa shape index (κ2) is 7.29. The Hall–Kier alpha value is -2.84. The molecule has 28 heavy (non-hydrogen) atoms. The predicted molar refractivity (Wildman–Crippen MR) is 95.9 cm³/mol. The monoisotopic (exact) mass is 413 g/mol. The zero-order chi connectivity index (χ0) is 20.6. The maximum atomic E-state index is 15.9. The summed E-state index contributed by atoms with van der Waals surface area (Å²) in [5, 5.41) is 2.95. The molecular formula is C16H17ClFN5O5. The lowest BCUT2D eigenvalue weighted by molar-refractivity contribution is -0.157. The topological polar surface area (TPSA) is 129 Å². The zero-order valence-electron chi connectivity index (χ0n) is 14.9. The summed E-state index contributed by atoms with van der Waals surface area (Å²) in [4.78, 5) is 31.9. The Morgan fingerprint density at radius 3 is 2.82 bits per heavy atom. The quantitative estimate of drug-likeness (QED) is 0.408. The van der Waals surface area contributed by atoms with Crippen LogP contribution in [0.5, 0.6) is 0 Å². The van der Waals surface area contributed by atoms with Gasteiger partial charge < -0.3 is 30.2 Å². The fourth-order valence-electron chi connectivity index (χ4n) is 3.10. The largest absolute Gasteiger partial charge is 0.463 e. The van der Waals surface area contributed by atoms with E-state index >= 15 is 4.39 Å². The summed E-state index contributed by atoms with van der Waals surface area (Å²) >= 11 is 6.04. The molecule has 3 N–H and O–H groups in total. The number of terminal acetylenes is 1. The van der Waals surface area contributed by atoms with Crippen molar-refractivity contribution in [3.8, 4) is 12.3 Å². The van der Waals surface area contributed by atoms with E-state index < -0.39 is 36.0 Å². The summed E-state index contributed by atoms with van der Waals surface area (Å²) in [7, 11) is 0. The number of aromatic nitrogens is 2. The summed E-state index contributed by atoms with van der Waals surface area (Å²) < 4.78 is 31.6. The van der Waals surface area contributed by atoms with E-state index in [1.54, 1.807) is 0 Å². The van der Waals surface area contributed by atoms with E-state index in [4.69, 9.17) is 38.0 Å². The molecule has 0 saturated carbocycles. The van der Waals surface area contributed by atoms with Gasteiger partial charge >= 0.3 is 11.9 Å². The van der Waals surface area contributed by atoms with Crippen molar-refractivity contribution in [3.63, 3.8) is 0 Å². The van der Waals surface area contributed by atoms with Crippen molar-refractivity contribution in [2.24, 2.45) is 0 Å². The molecule has 1 aromatic rings. The normalized spacial score (nSPS) is 28.2. The molecule has 12 heteroatoms. The number of carbonyl (C=O) groups excluding carboxylic acids is 2. The number of nitrogens with two attached hydrogens (primary N) is 1. The van der Waals surface area contributed by atoms with E-state index in [9.17, 15) is 9.59 Å². The summed E-state index contributed by atoms with van der Waals surface area (Å²) in [5.41, 5.74) is 3.38. The minimum Gasteiger partial charge on any atom is -0.463 e. The van der Waals surface area contributed by atoms with E-state index in [0.29, 0.717) is 5.69 Å². The second-order valence-electron chi connectivity index (χ2n) is 6.15. The van der Waals surface area contributed by atoms with Gasteiger partial charge in [0.2, 0.25) is 5.95 Å². The standard InChI is InChI=1S/C16H17ClFN5O5/c1-4-16(18)11(27-8(3)25)9(5-26-7(2)24)28-14(16)23-6-20-10-12(17)21-15(19)22-13(10)23/h1,9,11,14,20H,5-6H2,2-3H3,(H2,19,21,22)/t9-,11?,14-,16+/m1/s1. The van der Waals surface area contributed by atoms with Gasteiger partial charge in [-0.05, 0) is 0 Å². The van der Waals surface area contributed by atoms with Gasteiger partial charge in [-0.1, -0.05) is 17.5 Å².